The molecule has 9 heteroatoms. The molecule has 4 unspecified atom stereocenters. The smallest absolute Gasteiger partial charge is 0.192 e. The van der Waals surface area contributed by atoms with Gasteiger partial charge in [0, 0.05) is 44.2 Å². The second-order valence-electron chi connectivity index (χ2n) is 8.86. The molecule has 2 aliphatic carbocycles. The molecule has 1 aromatic rings. The summed E-state index contributed by atoms with van der Waals surface area (Å²) < 4.78 is 13.9. The van der Waals surface area contributed by atoms with Gasteiger partial charge in [0.15, 0.2) is 11.8 Å². The van der Waals surface area contributed by atoms with Crippen LogP contribution in [0.15, 0.2) is 4.99 Å². The summed E-state index contributed by atoms with van der Waals surface area (Å²) in [6.07, 6.45) is 8.03. The van der Waals surface area contributed by atoms with E-state index < -0.39 is 0 Å². The lowest BCUT2D eigenvalue weighted by molar-refractivity contribution is -0.171. The molecule has 5 rings (SSSR count). The van der Waals surface area contributed by atoms with Gasteiger partial charge in [-0.1, -0.05) is 6.42 Å². The first-order valence-electron chi connectivity index (χ1n) is 10.8. The van der Waals surface area contributed by atoms with E-state index in [0.29, 0.717) is 30.0 Å². The first-order valence-corrected chi connectivity index (χ1v) is 10.8. The normalized spacial score (nSPS) is 32.3. The molecular weight excluding hydrogens is 483 g/mol. The van der Waals surface area contributed by atoms with E-state index in [4.69, 9.17) is 14.5 Å². The number of fused-ring (bicyclic) bond motifs is 2. The molecule has 4 fully saturated rings. The predicted molar refractivity (Wildman–Crippen MR) is 120 cm³/mol. The third-order valence-corrected chi connectivity index (χ3v) is 7.41. The maximum atomic E-state index is 6.07. The summed E-state index contributed by atoms with van der Waals surface area (Å²) in [5.41, 5.74) is 0.328. The highest BCUT2D eigenvalue weighted by Crippen LogP contribution is 2.62. The molecule has 162 valence electrons. The highest BCUT2D eigenvalue weighted by molar-refractivity contribution is 14.0. The van der Waals surface area contributed by atoms with Crippen molar-refractivity contribution in [3.8, 4) is 0 Å². The van der Waals surface area contributed by atoms with Gasteiger partial charge < -0.3 is 24.7 Å². The van der Waals surface area contributed by atoms with Crippen molar-refractivity contribution in [2.75, 3.05) is 19.8 Å². The van der Waals surface area contributed by atoms with Crippen LogP contribution in [0.4, 0.5) is 0 Å². The standard InChI is InChI=1S/C20H32N6O2.HI/c1-13-24-25-16(26(13)2)12-22-19(21-11-14-5-3-9-27-14)23-17-15-6-10-28-18(15)20(17)7-4-8-20;/h14-15,17-18H,3-12H2,1-2H3,(H2,21,22,23);1H. The number of aryl methyl sites for hydroxylation is 1. The molecule has 0 radical (unpaired) electrons. The van der Waals surface area contributed by atoms with Crippen molar-refractivity contribution in [3.63, 3.8) is 0 Å². The van der Waals surface area contributed by atoms with Crippen LogP contribution >= 0.6 is 24.0 Å². The lowest BCUT2D eigenvalue weighted by atomic mass is 9.46. The number of nitrogens with zero attached hydrogens (tertiary/aromatic N) is 4. The number of nitrogens with one attached hydrogen (secondary N) is 2. The molecule has 0 amide bonds. The zero-order chi connectivity index (χ0) is 19.1. The molecule has 4 atom stereocenters. The van der Waals surface area contributed by atoms with E-state index in [1.165, 1.54) is 19.3 Å². The Labute approximate surface area is 189 Å². The average molecular weight is 516 g/mol. The fourth-order valence-electron chi connectivity index (χ4n) is 5.51. The van der Waals surface area contributed by atoms with E-state index in [1.807, 2.05) is 18.5 Å². The molecule has 2 N–H and O–H groups in total. The fourth-order valence-corrected chi connectivity index (χ4v) is 5.51. The van der Waals surface area contributed by atoms with Crippen molar-refractivity contribution in [2.24, 2.45) is 23.4 Å². The van der Waals surface area contributed by atoms with Crippen LogP contribution < -0.4 is 10.6 Å². The molecule has 1 aromatic heterocycles. The van der Waals surface area contributed by atoms with Gasteiger partial charge in [-0.05, 0) is 39.0 Å². The van der Waals surface area contributed by atoms with Crippen molar-refractivity contribution < 1.29 is 9.47 Å². The number of aromatic nitrogens is 3. The van der Waals surface area contributed by atoms with E-state index in [1.54, 1.807) is 0 Å². The van der Waals surface area contributed by atoms with Crippen molar-refractivity contribution in [3.05, 3.63) is 11.6 Å². The quantitative estimate of drug-likeness (QED) is 0.354. The minimum atomic E-state index is 0. The molecule has 4 aliphatic rings. The van der Waals surface area contributed by atoms with Gasteiger partial charge in [-0.3, -0.25) is 0 Å². The molecule has 2 saturated carbocycles. The van der Waals surface area contributed by atoms with E-state index in [9.17, 15) is 0 Å². The summed E-state index contributed by atoms with van der Waals surface area (Å²) in [4.78, 5) is 4.86. The molecule has 3 heterocycles. The second-order valence-corrected chi connectivity index (χ2v) is 8.86. The number of hydrogen-bond acceptors (Lipinski definition) is 5. The Hall–Kier alpha value is -0.940. The summed E-state index contributed by atoms with van der Waals surface area (Å²) in [5, 5.41) is 15.7. The Morgan fingerprint density at radius 1 is 1.21 bits per heavy atom. The molecule has 2 aliphatic heterocycles. The van der Waals surface area contributed by atoms with Gasteiger partial charge in [-0.2, -0.15) is 0 Å². The van der Waals surface area contributed by atoms with Crippen molar-refractivity contribution in [1.82, 2.24) is 25.4 Å². The summed E-state index contributed by atoms with van der Waals surface area (Å²) in [6.45, 7) is 5.06. The lowest BCUT2D eigenvalue weighted by Crippen LogP contribution is -2.72. The summed E-state index contributed by atoms with van der Waals surface area (Å²) in [5.74, 6) is 3.28. The fraction of sp³-hybridized carbons (Fsp3) is 0.850. The summed E-state index contributed by atoms with van der Waals surface area (Å²) in [7, 11) is 1.99. The topological polar surface area (TPSA) is 85.6 Å². The number of ether oxygens (including phenoxy) is 2. The molecule has 2 saturated heterocycles. The van der Waals surface area contributed by atoms with Gasteiger partial charge in [0.05, 0.1) is 12.2 Å². The highest BCUT2D eigenvalue weighted by atomic mass is 127. The largest absolute Gasteiger partial charge is 0.377 e. The highest BCUT2D eigenvalue weighted by Gasteiger charge is 2.66. The molecule has 8 nitrogen and oxygen atoms in total. The Morgan fingerprint density at radius 3 is 2.72 bits per heavy atom. The Balaban J connectivity index is 0.00000205. The van der Waals surface area contributed by atoms with Gasteiger partial charge in [-0.25, -0.2) is 4.99 Å². The minimum Gasteiger partial charge on any atom is -0.377 e. The molecule has 1 spiro atoms. The number of aliphatic imine (C=N–C) groups is 1. The van der Waals surface area contributed by atoms with Gasteiger partial charge in [-0.15, -0.1) is 34.2 Å². The maximum Gasteiger partial charge on any atom is 0.192 e. The second kappa shape index (κ2) is 8.66. The van der Waals surface area contributed by atoms with Crippen LogP contribution in [0.25, 0.3) is 0 Å². The van der Waals surface area contributed by atoms with E-state index in [-0.39, 0.29) is 30.1 Å². The zero-order valence-electron chi connectivity index (χ0n) is 17.4. The van der Waals surface area contributed by atoms with Crippen LogP contribution in [0.3, 0.4) is 0 Å². The van der Waals surface area contributed by atoms with Crippen LogP contribution in [0.5, 0.6) is 0 Å². The number of rotatable bonds is 5. The summed E-state index contributed by atoms with van der Waals surface area (Å²) >= 11 is 0. The van der Waals surface area contributed by atoms with E-state index >= 15 is 0 Å². The molecular formula is C20H33IN6O2. The lowest BCUT2D eigenvalue weighted by Gasteiger charge is -2.63. The summed E-state index contributed by atoms with van der Waals surface area (Å²) in [6, 6.07) is 0.464. The van der Waals surface area contributed by atoms with Gasteiger partial charge in [0.2, 0.25) is 0 Å². The Morgan fingerprint density at radius 2 is 2.07 bits per heavy atom. The van der Waals surface area contributed by atoms with Gasteiger partial charge in [0.25, 0.3) is 0 Å². The van der Waals surface area contributed by atoms with Crippen molar-refractivity contribution >= 4 is 29.9 Å². The predicted octanol–water partition coefficient (Wildman–Crippen LogP) is 1.91. The molecule has 29 heavy (non-hydrogen) atoms. The van der Waals surface area contributed by atoms with Crippen LogP contribution in [0, 0.1) is 18.3 Å². The first kappa shape index (κ1) is 21.3. The van der Waals surface area contributed by atoms with Crippen LogP contribution in [-0.4, -0.2) is 58.7 Å². The molecule has 0 aromatic carbocycles. The van der Waals surface area contributed by atoms with Crippen LogP contribution in [0.1, 0.15) is 50.2 Å². The number of hydrogen-bond donors (Lipinski definition) is 2. The third kappa shape index (κ3) is 3.78. The molecule has 0 bridgehead atoms. The van der Waals surface area contributed by atoms with E-state index in [0.717, 1.165) is 56.6 Å². The van der Waals surface area contributed by atoms with E-state index in [2.05, 4.69) is 20.8 Å². The Bertz CT molecular complexity index is 743. The first-order chi connectivity index (χ1) is 13.7. The number of guanidine groups is 1. The van der Waals surface area contributed by atoms with Gasteiger partial charge >= 0.3 is 0 Å². The average Bonchev–Trinajstić information content (AvgIpc) is 3.37. The zero-order valence-corrected chi connectivity index (χ0v) is 19.7. The van der Waals surface area contributed by atoms with Crippen molar-refractivity contribution in [1.29, 1.82) is 0 Å². The van der Waals surface area contributed by atoms with Gasteiger partial charge in [0.1, 0.15) is 12.4 Å². The number of halogens is 1. The SMILES string of the molecule is Cc1nnc(CN=C(NCC2CCCO2)NC2C3CCOC3C23CCC3)n1C.I. The monoisotopic (exact) mass is 516 g/mol. The minimum absolute atomic E-state index is 0. The maximum absolute atomic E-state index is 6.07. The van der Waals surface area contributed by atoms with Crippen LogP contribution in [-0.2, 0) is 23.1 Å². The van der Waals surface area contributed by atoms with Crippen molar-refractivity contribution in [2.45, 2.75) is 70.2 Å². The third-order valence-electron chi connectivity index (χ3n) is 7.41. The van der Waals surface area contributed by atoms with Crippen LogP contribution in [0.2, 0.25) is 0 Å². The Kier molecular flexibility index (Phi) is 6.36.